The van der Waals surface area contributed by atoms with Gasteiger partial charge in [-0.3, -0.25) is 4.79 Å². The summed E-state index contributed by atoms with van der Waals surface area (Å²) in [6, 6.07) is 27.6. The molecule has 0 aliphatic carbocycles. The van der Waals surface area contributed by atoms with Crippen LogP contribution in [0.3, 0.4) is 0 Å². The van der Waals surface area contributed by atoms with Crippen molar-refractivity contribution >= 4 is 33.8 Å². The van der Waals surface area contributed by atoms with Gasteiger partial charge in [0.1, 0.15) is 11.3 Å². The molecule has 0 radical (unpaired) electrons. The van der Waals surface area contributed by atoms with Gasteiger partial charge in [0.2, 0.25) is 5.78 Å². The molecule has 8 nitrogen and oxygen atoms in total. The molecule has 3 aromatic carbocycles. The average Bonchev–Trinajstić information content (AvgIpc) is 3.57. The second-order valence-corrected chi connectivity index (χ2v) is 8.96. The molecule has 0 bridgehead atoms. The Morgan fingerprint density at radius 3 is 2.41 bits per heavy atom. The lowest BCUT2D eigenvalue weighted by Crippen LogP contribution is -2.14. The second-order valence-electron chi connectivity index (χ2n) is 8.96. The third-order valence-electron chi connectivity index (χ3n) is 6.45. The van der Waals surface area contributed by atoms with Gasteiger partial charge >= 0.3 is 5.97 Å². The van der Waals surface area contributed by atoms with Gasteiger partial charge in [-0.05, 0) is 61.5 Å². The minimum Gasteiger partial charge on any atom is -0.497 e. The van der Waals surface area contributed by atoms with Crippen LogP contribution < -0.4 is 4.74 Å². The van der Waals surface area contributed by atoms with Crippen LogP contribution in [0.25, 0.3) is 38.9 Å². The number of benzene rings is 3. The van der Waals surface area contributed by atoms with Crippen LogP contribution in [0.2, 0.25) is 0 Å². The van der Waals surface area contributed by atoms with E-state index in [0.29, 0.717) is 33.8 Å². The predicted molar refractivity (Wildman–Crippen MR) is 146 cm³/mol. The van der Waals surface area contributed by atoms with Crippen molar-refractivity contribution in [2.75, 3.05) is 13.7 Å². The maximum atomic E-state index is 13.5. The molecular formula is C31H23N3O5. The van der Waals surface area contributed by atoms with Crippen LogP contribution in [0.1, 0.15) is 26.6 Å². The number of pyridine rings is 1. The first-order valence-corrected chi connectivity index (χ1v) is 12.3. The minimum absolute atomic E-state index is 0.135. The highest BCUT2D eigenvalue weighted by atomic mass is 16.5. The monoisotopic (exact) mass is 517 g/mol. The van der Waals surface area contributed by atoms with E-state index in [0.717, 1.165) is 16.6 Å². The van der Waals surface area contributed by atoms with Crippen molar-refractivity contribution in [2.45, 2.75) is 6.92 Å². The summed E-state index contributed by atoms with van der Waals surface area (Å²) >= 11 is 0. The summed E-state index contributed by atoms with van der Waals surface area (Å²) in [6.07, 6.45) is 0. The van der Waals surface area contributed by atoms with Crippen LogP contribution in [0.4, 0.5) is 0 Å². The molecule has 0 atom stereocenters. The van der Waals surface area contributed by atoms with Crippen LogP contribution in [-0.2, 0) is 4.74 Å². The SMILES string of the molecule is COc1ccc(-c2cc(C(=O)OCC(=O)c3cc4ccccc4o3)c3c(C)nn(-c4ccccc4)c3n2)cc1. The standard InChI is InChI=1S/C31H23N3O5/c1-19-29-24(31(36)38-18-26(35)28-16-21-8-6-7-11-27(21)39-28)17-25(20-12-14-23(37-2)15-13-20)32-30(29)34(33-19)22-9-4-3-5-10-22/h3-17H,18H2,1-2H3. The summed E-state index contributed by atoms with van der Waals surface area (Å²) in [5, 5.41) is 6.03. The molecule has 6 rings (SSSR count). The summed E-state index contributed by atoms with van der Waals surface area (Å²) in [5.41, 5.74) is 4.11. The molecule has 0 aliphatic heterocycles. The largest absolute Gasteiger partial charge is 0.497 e. The van der Waals surface area contributed by atoms with E-state index in [-0.39, 0.29) is 11.3 Å². The molecule has 0 fully saturated rings. The molecule has 6 aromatic rings. The number of rotatable bonds is 7. The average molecular weight is 518 g/mol. The van der Waals surface area contributed by atoms with Gasteiger partial charge in [0.05, 0.1) is 35.1 Å². The smallest absolute Gasteiger partial charge is 0.339 e. The maximum absolute atomic E-state index is 13.5. The molecule has 8 heteroatoms. The molecule has 39 heavy (non-hydrogen) atoms. The van der Waals surface area contributed by atoms with Gasteiger partial charge in [-0.1, -0.05) is 36.4 Å². The third-order valence-corrected chi connectivity index (χ3v) is 6.45. The Kier molecular flexibility index (Phi) is 6.13. The van der Waals surface area contributed by atoms with E-state index < -0.39 is 18.4 Å². The first-order chi connectivity index (χ1) is 19.0. The van der Waals surface area contributed by atoms with Crippen molar-refractivity contribution in [3.8, 4) is 22.7 Å². The lowest BCUT2D eigenvalue weighted by molar-refractivity contribution is 0.0470. The highest BCUT2D eigenvalue weighted by Crippen LogP contribution is 2.30. The number of ether oxygens (including phenoxy) is 2. The van der Waals surface area contributed by atoms with E-state index >= 15 is 0 Å². The van der Waals surface area contributed by atoms with Crippen LogP contribution in [0, 0.1) is 6.92 Å². The first kappa shape index (κ1) is 24.1. The zero-order valence-corrected chi connectivity index (χ0v) is 21.3. The summed E-state index contributed by atoms with van der Waals surface area (Å²) < 4.78 is 18.1. The highest BCUT2D eigenvalue weighted by Gasteiger charge is 2.23. The number of fused-ring (bicyclic) bond motifs is 2. The number of furan rings is 1. The Hall–Kier alpha value is -5.24. The predicted octanol–water partition coefficient (Wildman–Crippen LogP) is 6.19. The number of nitrogens with zero attached hydrogens (tertiary/aromatic N) is 3. The fourth-order valence-corrected chi connectivity index (χ4v) is 4.51. The molecule has 0 unspecified atom stereocenters. The molecule has 0 saturated heterocycles. The maximum Gasteiger partial charge on any atom is 0.339 e. The van der Waals surface area contributed by atoms with Crippen LogP contribution in [-0.4, -0.2) is 40.2 Å². The number of hydrogen-bond donors (Lipinski definition) is 0. The lowest BCUT2D eigenvalue weighted by Gasteiger charge is -2.10. The summed E-state index contributed by atoms with van der Waals surface area (Å²) in [4.78, 5) is 31.1. The minimum atomic E-state index is -0.655. The second kappa shape index (κ2) is 9.90. The van der Waals surface area contributed by atoms with Gasteiger partial charge in [0.25, 0.3) is 0 Å². The highest BCUT2D eigenvalue weighted by molar-refractivity contribution is 6.06. The molecular weight excluding hydrogens is 494 g/mol. The number of para-hydroxylation sites is 2. The van der Waals surface area contributed by atoms with Crippen LogP contribution in [0.15, 0.2) is 95.4 Å². The van der Waals surface area contributed by atoms with E-state index in [2.05, 4.69) is 5.10 Å². The van der Waals surface area contributed by atoms with Gasteiger partial charge < -0.3 is 13.9 Å². The Morgan fingerprint density at radius 2 is 1.67 bits per heavy atom. The third kappa shape index (κ3) is 4.53. The van der Waals surface area contributed by atoms with Crippen molar-refractivity contribution < 1.29 is 23.5 Å². The Morgan fingerprint density at radius 1 is 0.923 bits per heavy atom. The van der Waals surface area contributed by atoms with E-state index in [4.69, 9.17) is 18.9 Å². The van der Waals surface area contributed by atoms with Gasteiger partial charge in [-0.2, -0.15) is 5.10 Å². The number of methoxy groups -OCH3 is 1. The van der Waals surface area contributed by atoms with Gasteiger partial charge in [0, 0.05) is 10.9 Å². The summed E-state index contributed by atoms with van der Waals surface area (Å²) in [6.45, 7) is 1.35. The van der Waals surface area contributed by atoms with Crippen molar-refractivity contribution in [3.63, 3.8) is 0 Å². The molecule has 0 amide bonds. The van der Waals surface area contributed by atoms with E-state index in [1.807, 2.05) is 79.7 Å². The first-order valence-electron chi connectivity index (χ1n) is 12.3. The van der Waals surface area contributed by atoms with E-state index in [1.54, 1.807) is 30.0 Å². The molecule has 0 N–H and O–H groups in total. The number of carbonyl (C=O) groups is 2. The summed E-state index contributed by atoms with van der Waals surface area (Å²) in [7, 11) is 1.60. The zero-order valence-electron chi connectivity index (χ0n) is 21.3. The molecule has 192 valence electrons. The number of hydrogen-bond acceptors (Lipinski definition) is 7. The molecule has 0 spiro atoms. The van der Waals surface area contributed by atoms with Crippen molar-refractivity contribution in [1.29, 1.82) is 0 Å². The Balaban J connectivity index is 1.39. The normalized spacial score (nSPS) is 11.1. The van der Waals surface area contributed by atoms with Gasteiger partial charge in [0.15, 0.2) is 18.0 Å². The molecule has 3 aromatic heterocycles. The number of ketones is 1. The topological polar surface area (TPSA) is 96.5 Å². The number of esters is 1. The molecule has 3 heterocycles. The van der Waals surface area contributed by atoms with Gasteiger partial charge in [-0.15, -0.1) is 0 Å². The zero-order chi connectivity index (χ0) is 26.9. The van der Waals surface area contributed by atoms with Crippen molar-refractivity contribution in [2.24, 2.45) is 0 Å². The fraction of sp³-hybridized carbons (Fsp3) is 0.0968. The molecule has 0 saturated carbocycles. The Bertz CT molecular complexity index is 1800. The van der Waals surface area contributed by atoms with E-state index in [9.17, 15) is 9.59 Å². The van der Waals surface area contributed by atoms with E-state index in [1.165, 1.54) is 0 Å². The van der Waals surface area contributed by atoms with Crippen molar-refractivity contribution in [1.82, 2.24) is 14.8 Å². The number of carbonyl (C=O) groups excluding carboxylic acids is 2. The Labute approximate surface area is 223 Å². The quantitative estimate of drug-likeness (QED) is 0.184. The van der Waals surface area contributed by atoms with Crippen LogP contribution >= 0.6 is 0 Å². The van der Waals surface area contributed by atoms with Crippen molar-refractivity contribution in [3.05, 3.63) is 108 Å². The van der Waals surface area contributed by atoms with Crippen LogP contribution in [0.5, 0.6) is 5.75 Å². The summed E-state index contributed by atoms with van der Waals surface area (Å²) in [5.74, 6) is -0.251. The lowest BCUT2D eigenvalue weighted by atomic mass is 10.1. The number of aryl methyl sites for hydroxylation is 1. The molecule has 0 aliphatic rings. The number of Topliss-reactive ketones (excluding diaryl/α,β-unsaturated/α-hetero) is 1. The fourth-order valence-electron chi connectivity index (χ4n) is 4.51. The van der Waals surface area contributed by atoms with Gasteiger partial charge in [-0.25, -0.2) is 14.5 Å². The number of aromatic nitrogens is 3.